The van der Waals surface area contributed by atoms with Crippen LogP contribution >= 0.6 is 0 Å². The van der Waals surface area contributed by atoms with Crippen LogP contribution in [0.3, 0.4) is 0 Å². The van der Waals surface area contributed by atoms with E-state index in [2.05, 4.69) is 5.32 Å². The Morgan fingerprint density at radius 1 is 1.05 bits per heavy atom. The molecule has 0 atom stereocenters. The highest BCUT2D eigenvalue weighted by atomic mass is 16.5. The Morgan fingerprint density at radius 2 is 1.64 bits per heavy atom. The first-order valence-corrected chi connectivity index (χ1v) is 7.53. The molecule has 4 heteroatoms. The Balaban J connectivity index is 2.63. The van der Waals surface area contributed by atoms with Crippen LogP contribution < -0.4 is 5.32 Å². The zero-order valence-electron chi connectivity index (χ0n) is 14.4. The van der Waals surface area contributed by atoms with E-state index in [9.17, 15) is 9.59 Å². The van der Waals surface area contributed by atoms with Crippen LogP contribution in [0.4, 0.5) is 0 Å². The van der Waals surface area contributed by atoms with Gasteiger partial charge in [-0.05, 0) is 52.7 Å². The summed E-state index contributed by atoms with van der Waals surface area (Å²) in [5.41, 5.74) is 1.05. The van der Waals surface area contributed by atoms with Crippen LogP contribution in [0.5, 0.6) is 0 Å². The van der Waals surface area contributed by atoms with Crippen molar-refractivity contribution in [2.45, 2.75) is 60.1 Å². The number of ether oxygens (including phenoxy) is 1. The van der Waals surface area contributed by atoms with Crippen molar-refractivity contribution in [1.29, 1.82) is 0 Å². The molecule has 122 valence electrons. The van der Waals surface area contributed by atoms with Crippen molar-refractivity contribution in [3.8, 4) is 0 Å². The van der Waals surface area contributed by atoms with Gasteiger partial charge in [-0.25, -0.2) is 0 Å². The van der Waals surface area contributed by atoms with E-state index >= 15 is 0 Å². The van der Waals surface area contributed by atoms with Crippen molar-refractivity contribution in [2.75, 3.05) is 0 Å². The zero-order valence-corrected chi connectivity index (χ0v) is 14.4. The number of hydrogen-bond donors (Lipinski definition) is 1. The van der Waals surface area contributed by atoms with Gasteiger partial charge in [-0.1, -0.05) is 24.3 Å². The van der Waals surface area contributed by atoms with Gasteiger partial charge in [-0.15, -0.1) is 0 Å². The SMILES string of the molecule is CC(C)(C)NC(=O)Cc1cccc(COC(=O)C(C)(C)C)c1. The van der Waals surface area contributed by atoms with E-state index < -0.39 is 5.41 Å². The summed E-state index contributed by atoms with van der Waals surface area (Å²) in [6.45, 7) is 11.5. The number of carbonyl (C=O) groups is 2. The second-order valence-corrected chi connectivity index (χ2v) is 7.62. The van der Waals surface area contributed by atoms with Crippen molar-refractivity contribution in [3.05, 3.63) is 35.4 Å². The van der Waals surface area contributed by atoms with Crippen LogP contribution in [-0.2, 0) is 27.4 Å². The average molecular weight is 305 g/mol. The summed E-state index contributed by atoms with van der Waals surface area (Å²) in [4.78, 5) is 23.7. The fraction of sp³-hybridized carbons (Fsp3) is 0.556. The molecule has 1 rings (SSSR count). The largest absolute Gasteiger partial charge is 0.460 e. The van der Waals surface area contributed by atoms with Crippen molar-refractivity contribution >= 4 is 11.9 Å². The van der Waals surface area contributed by atoms with Crippen LogP contribution in [-0.4, -0.2) is 17.4 Å². The number of amides is 1. The van der Waals surface area contributed by atoms with Crippen LogP contribution in [0.2, 0.25) is 0 Å². The quantitative estimate of drug-likeness (QED) is 0.869. The molecule has 0 unspecified atom stereocenters. The van der Waals surface area contributed by atoms with Crippen molar-refractivity contribution < 1.29 is 14.3 Å². The van der Waals surface area contributed by atoms with E-state index in [4.69, 9.17) is 4.74 Å². The van der Waals surface area contributed by atoms with Gasteiger partial charge in [0, 0.05) is 5.54 Å². The van der Waals surface area contributed by atoms with E-state index in [1.807, 2.05) is 65.8 Å². The highest BCUT2D eigenvalue weighted by molar-refractivity contribution is 5.79. The lowest BCUT2D eigenvalue weighted by Gasteiger charge is -2.20. The van der Waals surface area contributed by atoms with Gasteiger partial charge in [0.1, 0.15) is 6.61 Å². The topological polar surface area (TPSA) is 55.4 Å². The third-order valence-electron chi connectivity index (χ3n) is 2.85. The normalized spacial score (nSPS) is 11.9. The van der Waals surface area contributed by atoms with E-state index in [0.29, 0.717) is 6.42 Å². The van der Waals surface area contributed by atoms with Gasteiger partial charge in [-0.2, -0.15) is 0 Å². The number of benzene rings is 1. The fourth-order valence-corrected chi connectivity index (χ4v) is 1.84. The minimum Gasteiger partial charge on any atom is -0.460 e. The van der Waals surface area contributed by atoms with Crippen LogP contribution in [0.15, 0.2) is 24.3 Å². The molecular formula is C18H27NO3. The second-order valence-electron chi connectivity index (χ2n) is 7.62. The predicted molar refractivity (Wildman–Crippen MR) is 87.3 cm³/mol. The second kappa shape index (κ2) is 6.95. The van der Waals surface area contributed by atoms with Gasteiger partial charge < -0.3 is 10.1 Å². The minimum absolute atomic E-state index is 0.0173. The van der Waals surface area contributed by atoms with Crippen molar-refractivity contribution in [1.82, 2.24) is 5.32 Å². The first-order chi connectivity index (χ1) is 9.97. The van der Waals surface area contributed by atoms with Crippen LogP contribution in [0.25, 0.3) is 0 Å². The maximum Gasteiger partial charge on any atom is 0.311 e. The van der Waals surface area contributed by atoms with Crippen molar-refractivity contribution in [3.63, 3.8) is 0 Å². The molecule has 1 N–H and O–H groups in total. The lowest BCUT2D eigenvalue weighted by molar-refractivity contribution is -0.154. The van der Waals surface area contributed by atoms with E-state index in [-0.39, 0.29) is 24.0 Å². The summed E-state index contributed by atoms with van der Waals surface area (Å²) in [6.07, 6.45) is 0.318. The molecule has 1 aromatic carbocycles. The van der Waals surface area contributed by atoms with Crippen LogP contribution in [0, 0.1) is 5.41 Å². The smallest absolute Gasteiger partial charge is 0.311 e. The molecule has 0 spiro atoms. The van der Waals surface area contributed by atoms with E-state index in [0.717, 1.165) is 11.1 Å². The first-order valence-electron chi connectivity index (χ1n) is 7.53. The van der Waals surface area contributed by atoms with Crippen LogP contribution in [0.1, 0.15) is 52.7 Å². The predicted octanol–water partition coefficient (Wildman–Crippen LogP) is 3.23. The van der Waals surface area contributed by atoms with Gasteiger partial charge in [-0.3, -0.25) is 9.59 Å². The number of hydrogen-bond acceptors (Lipinski definition) is 3. The van der Waals surface area contributed by atoms with E-state index in [1.54, 1.807) is 0 Å². The molecule has 0 aromatic heterocycles. The Morgan fingerprint density at radius 3 is 2.18 bits per heavy atom. The Hall–Kier alpha value is -1.84. The first kappa shape index (κ1) is 18.2. The summed E-state index contributed by atoms with van der Waals surface area (Å²) >= 11 is 0. The molecular weight excluding hydrogens is 278 g/mol. The molecule has 1 amide bonds. The molecule has 0 bridgehead atoms. The molecule has 22 heavy (non-hydrogen) atoms. The summed E-state index contributed by atoms with van der Waals surface area (Å²) < 4.78 is 5.29. The third-order valence-corrected chi connectivity index (χ3v) is 2.85. The molecule has 1 aromatic rings. The summed E-state index contributed by atoms with van der Waals surface area (Å²) in [7, 11) is 0. The highest BCUT2D eigenvalue weighted by Gasteiger charge is 2.23. The molecule has 0 saturated heterocycles. The number of nitrogens with one attached hydrogen (secondary N) is 1. The Kier molecular flexibility index (Phi) is 5.75. The molecule has 0 fully saturated rings. The lowest BCUT2D eigenvalue weighted by Crippen LogP contribution is -2.41. The molecule has 0 heterocycles. The Labute approximate surface area is 133 Å². The highest BCUT2D eigenvalue weighted by Crippen LogP contribution is 2.17. The monoisotopic (exact) mass is 305 g/mol. The zero-order chi connectivity index (χ0) is 17.0. The number of esters is 1. The minimum atomic E-state index is -0.510. The summed E-state index contributed by atoms with van der Waals surface area (Å²) in [6, 6.07) is 7.57. The molecule has 0 radical (unpaired) electrons. The molecule has 0 aliphatic heterocycles. The lowest BCUT2D eigenvalue weighted by atomic mass is 9.97. The average Bonchev–Trinajstić information content (AvgIpc) is 2.32. The standard InChI is InChI=1S/C18H27NO3/c1-17(2,3)16(21)22-12-14-9-7-8-13(10-14)11-15(20)19-18(4,5)6/h7-10H,11-12H2,1-6H3,(H,19,20). The molecule has 0 aliphatic carbocycles. The third kappa shape index (κ3) is 6.74. The van der Waals surface area contributed by atoms with Gasteiger partial charge in [0.2, 0.25) is 5.91 Å². The fourth-order valence-electron chi connectivity index (χ4n) is 1.84. The number of rotatable bonds is 4. The van der Waals surface area contributed by atoms with Gasteiger partial charge in [0.05, 0.1) is 11.8 Å². The maximum absolute atomic E-state index is 11.9. The molecule has 0 aliphatic rings. The van der Waals surface area contributed by atoms with Gasteiger partial charge >= 0.3 is 5.97 Å². The van der Waals surface area contributed by atoms with E-state index in [1.165, 1.54) is 0 Å². The summed E-state index contributed by atoms with van der Waals surface area (Å²) in [5.74, 6) is -0.250. The maximum atomic E-state index is 11.9. The Bertz CT molecular complexity index is 536. The molecule has 4 nitrogen and oxygen atoms in total. The van der Waals surface area contributed by atoms with Gasteiger partial charge in [0.25, 0.3) is 0 Å². The number of carbonyl (C=O) groups excluding carboxylic acids is 2. The summed E-state index contributed by atoms with van der Waals surface area (Å²) in [5, 5.41) is 2.93. The van der Waals surface area contributed by atoms with Crippen molar-refractivity contribution in [2.24, 2.45) is 5.41 Å². The van der Waals surface area contributed by atoms with Gasteiger partial charge in [0.15, 0.2) is 0 Å². The molecule has 0 saturated carbocycles.